The number of ether oxygens (including phenoxy) is 1. The van der Waals surface area contributed by atoms with Crippen molar-refractivity contribution in [1.82, 2.24) is 15.0 Å². The Bertz CT molecular complexity index is 984. The normalized spacial score (nSPS) is 11.3. The molecule has 0 fully saturated rings. The largest absolute Gasteiger partial charge is 0.484 e. The van der Waals surface area contributed by atoms with Crippen molar-refractivity contribution in [3.05, 3.63) is 65.5 Å². The van der Waals surface area contributed by atoms with Crippen LogP contribution in [0.4, 0.5) is 13.2 Å². The molecule has 0 N–H and O–H groups in total. The van der Waals surface area contributed by atoms with Crippen LogP contribution in [0.25, 0.3) is 11.4 Å². The number of carbonyl (C=O) groups is 1. The molecule has 9 heteroatoms. The predicted molar refractivity (Wildman–Crippen MR) is 97.9 cm³/mol. The number of rotatable bonds is 6. The van der Waals surface area contributed by atoms with Gasteiger partial charge in [0.2, 0.25) is 11.7 Å². The fraction of sp³-hybridized carbons (Fsp3) is 0.250. The average molecular weight is 405 g/mol. The van der Waals surface area contributed by atoms with E-state index in [0.717, 1.165) is 23.3 Å². The Labute approximate surface area is 164 Å². The van der Waals surface area contributed by atoms with Gasteiger partial charge >= 0.3 is 6.18 Å². The minimum absolute atomic E-state index is 0.0407. The van der Waals surface area contributed by atoms with E-state index in [1.165, 1.54) is 24.1 Å². The average Bonchev–Trinajstić information content (AvgIpc) is 3.14. The minimum Gasteiger partial charge on any atom is -0.484 e. The fourth-order valence-electron chi connectivity index (χ4n) is 2.45. The number of carbonyl (C=O) groups excluding carboxylic acids is 1. The lowest BCUT2D eigenvalue weighted by molar-refractivity contribution is -0.137. The van der Waals surface area contributed by atoms with E-state index in [1.54, 1.807) is 0 Å². The first kappa shape index (κ1) is 20.4. The predicted octanol–water partition coefficient (Wildman–Crippen LogP) is 4.10. The van der Waals surface area contributed by atoms with E-state index in [-0.39, 0.29) is 18.2 Å². The van der Waals surface area contributed by atoms with Crippen LogP contribution in [0.15, 0.2) is 53.1 Å². The second kappa shape index (κ2) is 8.34. The maximum absolute atomic E-state index is 12.7. The smallest absolute Gasteiger partial charge is 0.416 e. The fourth-order valence-corrected chi connectivity index (χ4v) is 2.45. The van der Waals surface area contributed by atoms with Crippen LogP contribution in [0.2, 0.25) is 0 Å². The molecule has 3 rings (SSSR count). The number of aromatic nitrogens is 2. The highest BCUT2D eigenvalue weighted by Gasteiger charge is 2.30. The summed E-state index contributed by atoms with van der Waals surface area (Å²) >= 11 is 0. The van der Waals surface area contributed by atoms with Gasteiger partial charge in [-0.05, 0) is 25.1 Å². The Morgan fingerprint density at radius 2 is 1.90 bits per heavy atom. The van der Waals surface area contributed by atoms with Crippen LogP contribution < -0.4 is 4.74 Å². The molecule has 0 saturated carbocycles. The van der Waals surface area contributed by atoms with Gasteiger partial charge in [-0.15, -0.1) is 0 Å². The summed E-state index contributed by atoms with van der Waals surface area (Å²) in [5.74, 6) is 0.148. The molecule has 0 saturated heterocycles. The number of aryl methyl sites for hydroxylation is 1. The highest BCUT2D eigenvalue weighted by Crippen LogP contribution is 2.31. The molecule has 152 valence electrons. The lowest BCUT2D eigenvalue weighted by Crippen LogP contribution is -2.31. The SMILES string of the molecule is Cc1ccc(-c2noc(CN(C)C(=O)COc3cccc(C(F)(F)F)c3)n2)cc1. The number of hydrogen-bond donors (Lipinski definition) is 0. The van der Waals surface area contributed by atoms with Gasteiger partial charge in [0.15, 0.2) is 6.61 Å². The summed E-state index contributed by atoms with van der Waals surface area (Å²) < 4.78 is 48.5. The molecule has 6 nitrogen and oxygen atoms in total. The summed E-state index contributed by atoms with van der Waals surface area (Å²) in [7, 11) is 1.51. The first-order valence-corrected chi connectivity index (χ1v) is 8.66. The van der Waals surface area contributed by atoms with Gasteiger partial charge in [-0.25, -0.2) is 0 Å². The van der Waals surface area contributed by atoms with Crippen molar-refractivity contribution in [3.8, 4) is 17.1 Å². The summed E-state index contributed by atoms with van der Waals surface area (Å²) in [6.07, 6.45) is -4.48. The highest BCUT2D eigenvalue weighted by atomic mass is 19.4. The second-order valence-electron chi connectivity index (χ2n) is 6.44. The molecular formula is C20H18F3N3O3. The molecule has 29 heavy (non-hydrogen) atoms. The molecule has 0 atom stereocenters. The van der Waals surface area contributed by atoms with Crippen LogP contribution in [0.1, 0.15) is 17.0 Å². The summed E-state index contributed by atoms with van der Waals surface area (Å²) in [4.78, 5) is 17.7. The van der Waals surface area contributed by atoms with Gasteiger partial charge in [-0.2, -0.15) is 18.2 Å². The summed E-state index contributed by atoms with van der Waals surface area (Å²) in [6.45, 7) is 1.59. The van der Waals surface area contributed by atoms with Crippen LogP contribution in [0.3, 0.4) is 0 Å². The summed E-state index contributed by atoms with van der Waals surface area (Å²) in [5.41, 5.74) is 1.04. The molecule has 2 aromatic carbocycles. The molecule has 1 aromatic heterocycles. The molecule has 3 aromatic rings. The van der Waals surface area contributed by atoms with Crippen LogP contribution in [-0.2, 0) is 17.5 Å². The Morgan fingerprint density at radius 1 is 1.17 bits per heavy atom. The van der Waals surface area contributed by atoms with Crippen molar-refractivity contribution < 1.29 is 27.2 Å². The second-order valence-corrected chi connectivity index (χ2v) is 6.44. The number of amides is 1. The Morgan fingerprint density at radius 3 is 2.59 bits per heavy atom. The number of benzene rings is 2. The standard InChI is InChI=1S/C20H18F3N3O3/c1-13-6-8-14(9-7-13)19-24-17(29-25-19)11-26(2)18(27)12-28-16-5-3-4-15(10-16)20(21,22)23/h3-10H,11-12H2,1-2H3. The lowest BCUT2D eigenvalue weighted by atomic mass is 10.1. The van der Waals surface area contributed by atoms with E-state index >= 15 is 0 Å². The van der Waals surface area contributed by atoms with Gasteiger partial charge in [0, 0.05) is 12.6 Å². The van der Waals surface area contributed by atoms with E-state index < -0.39 is 24.3 Å². The van der Waals surface area contributed by atoms with Gasteiger partial charge in [-0.1, -0.05) is 41.1 Å². The first-order valence-electron chi connectivity index (χ1n) is 8.66. The number of likely N-dealkylation sites (N-methyl/N-ethyl adjacent to an activating group) is 1. The summed E-state index contributed by atoms with van der Waals surface area (Å²) in [5, 5.41) is 3.89. The maximum atomic E-state index is 12.7. The van der Waals surface area contributed by atoms with Gasteiger partial charge in [0.25, 0.3) is 5.91 Å². The molecular weight excluding hydrogens is 387 g/mol. The topological polar surface area (TPSA) is 68.5 Å². The van der Waals surface area contributed by atoms with E-state index in [0.29, 0.717) is 5.82 Å². The maximum Gasteiger partial charge on any atom is 0.416 e. The quantitative estimate of drug-likeness (QED) is 0.618. The Kier molecular flexibility index (Phi) is 5.86. The zero-order valence-corrected chi connectivity index (χ0v) is 15.7. The van der Waals surface area contributed by atoms with E-state index in [2.05, 4.69) is 10.1 Å². The molecule has 0 spiro atoms. The molecule has 0 aliphatic heterocycles. The number of alkyl halides is 3. The lowest BCUT2D eigenvalue weighted by Gasteiger charge is -2.15. The van der Waals surface area contributed by atoms with Crippen molar-refractivity contribution in [1.29, 1.82) is 0 Å². The van der Waals surface area contributed by atoms with Crippen LogP contribution >= 0.6 is 0 Å². The molecule has 0 aliphatic rings. The molecule has 0 aliphatic carbocycles. The molecule has 0 unspecified atom stereocenters. The molecule has 1 amide bonds. The van der Waals surface area contributed by atoms with Crippen molar-refractivity contribution in [3.63, 3.8) is 0 Å². The molecule has 0 radical (unpaired) electrons. The Hall–Kier alpha value is -3.36. The number of halogens is 3. The summed E-state index contributed by atoms with van der Waals surface area (Å²) in [6, 6.07) is 11.9. The van der Waals surface area contributed by atoms with Crippen LogP contribution in [-0.4, -0.2) is 34.6 Å². The van der Waals surface area contributed by atoms with Crippen molar-refractivity contribution in [2.75, 3.05) is 13.7 Å². The monoisotopic (exact) mass is 405 g/mol. The molecule has 1 heterocycles. The minimum atomic E-state index is -4.48. The van der Waals surface area contributed by atoms with Gasteiger partial charge < -0.3 is 14.2 Å². The third kappa shape index (κ3) is 5.34. The van der Waals surface area contributed by atoms with E-state index in [1.807, 2.05) is 31.2 Å². The van der Waals surface area contributed by atoms with E-state index in [9.17, 15) is 18.0 Å². The highest BCUT2D eigenvalue weighted by molar-refractivity contribution is 5.77. The third-order valence-electron chi connectivity index (χ3n) is 4.10. The van der Waals surface area contributed by atoms with Crippen LogP contribution in [0.5, 0.6) is 5.75 Å². The van der Waals surface area contributed by atoms with E-state index in [4.69, 9.17) is 9.26 Å². The third-order valence-corrected chi connectivity index (χ3v) is 4.10. The number of nitrogens with zero attached hydrogens (tertiary/aromatic N) is 3. The first-order chi connectivity index (χ1) is 13.7. The zero-order valence-electron chi connectivity index (χ0n) is 15.7. The zero-order chi connectivity index (χ0) is 21.0. The van der Waals surface area contributed by atoms with Crippen molar-refractivity contribution in [2.24, 2.45) is 0 Å². The van der Waals surface area contributed by atoms with Gasteiger partial charge in [0.05, 0.1) is 12.1 Å². The van der Waals surface area contributed by atoms with Crippen molar-refractivity contribution in [2.45, 2.75) is 19.6 Å². The Balaban J connectivity index is 1.57. The van der Waals surface area contributed by atoms with Crippen LogP contribution in [0, 0.1) is 6.92 Å². The van der Waals surface area contributed by atoms with Crippen molar-refractivity contribution >= 4 is 5.91 Å². The molecule has 0 bridgehead atoms. The van der Waals surface area contributed by atoms with Gasteiger partial charge in [-0.3, -0.25) is 4.79 Å². The van der Waals surface area contributed by atoms with Gasteiger partial charge in [0.1, 0.15) is 5.75 Å². The number of hydrogen-bond acceptors (Lipinski definition) is 5.